The van der Waals surface area contributed by atoms with Crippen molar-refractivity contribution in [3.63, 3.8) is 0 Å². The lowest BCUT2D eigenvalue weighted by atomic mass is 9.53. The first-order valence-corrected chi connectivity index (χ1v) is 14.9. The normalized spacial score (nSPS) is 34.0. The number of nitrogens with zero attached hydrogens (tertiary/aromatic N) is 2. The summed E-state index contributed by atoms with van der Waals surface area (Å²) in [5, 5.41) is 22.7. The molecule has 0 amide bonds. The minimum atomic E-state index is -1.21. The molecule has 0 bridgehead atoms. The summed E-state index contributed by atoms with van der Waals surface area (Å²) in [6.07, 6.45) is 0.622. The Morgan fingerprint density at radius 1 is 1.12 bits per heavy atom. The monoisotopic (exact) mass is 574 g/mol. The summed E-state index contributed by atoms with van der Waals surface area (Å²) < 4.78 is 17.4. The molecule has 4 rings (SSSR count). The predicted octanol–water partition coefficient (Wildman–Crippen LogP) is 2.92. The van der Waals surface area contributed by atoms with Gasteiger partial charge in [0.25, 0.3) is 0 Å². The van der Waals surface area contributed by atoms with Crippen LogP contribution < -0.4 is 0 Å². The van der Waals surface area contributed by atoms with Crippen LogP contribution in [0, 0.1) is 16.7 Å². The van der Waals surface area contributed by atoms with Crippen molar-refractivity contribution in [2.45, 2.75) is 79.1 Å². The molecule has 1 heterocycles. The van der Waals surface area contributed by atoms with Gasteiger partial charge in [0.2, 0.25) is 5.78 Å². The van der Waals surface area contributed by atoms with E-state index in [1.165, 1.54) is 14.0 Å². The van der Waals surface area contributed by atoms with E-state index in [4.69, 9.17) is 14.2 Å². The van der Waals surface area contributed by atoms with E-state index in [1.807, 2.05) is 25.7 Å². The number of hydrogen-bond acceptors (Lipinski definition) is 10. The zero-order valence-corrected chi connectivity index (χ0v) is 25.5. The number of ether oxygens (including phenoxy) is 3. The first kappa shape index (κ1) is 31.3. The quantitative estimate of drug-likeness (QED) is 0.297. The molecule has 4 aliphatic rings. The zero-order valence-electron chi connectivity index (χ0n) is 25.5. The van der Waals surface area contributed by atoms with Crippen LogP contribution >= 0.6 is 0 Å². The summed E-state index contributed by atoms with van der Waals surface area (Å²) in [5.41, 5.74) is -0.741. The topological polar surface area (TPSA) is 126 Å². The zero-order chi connectivity index (χ0) is 30.3. The Morgan fingerprint density at radius 3 is 2.39 bits per heavy atom. The molecular formula is C31H46N2O8. The van der Waals surface area contributed by atoms with Crippen molar-refractivity contribution in [2.75, 3.05) is 46.4 Å². The molecule has 10 heteroatoms. The number of esters is 2. The van der Waals surface area contributed by atoms with E-state index >= 15 is 0 Å². The first-order chi connectivity index (χ1) is 19.4. The molecule has 0 aromatic rings. The van der Waals surface area contributed by atoms with Gasteiger partial charge in [0.15, 0.2) is 5.76 Å². The number of likely N-dealkylation sites (N-methyl/N-ethyl adjacent to an activating group) is 2. The number of ketones is 1. The van der Waals surface area contributed by atoms with E-state index in [0.717, 1.165) is 19.6 Å². The van der Waals surface area contributed by atoms with Gasteiger partial charge in [-0.3, -0.25) is 9.59 Å². The fourth-order valence-electron chi connectivity index (χ4n) is 7.58. The van der Waals surface area contributed by atoms with Crippen LogP contribution in [0.1, 0.15) is 60.8 Å². The molecule has 228 valence electrons. The average Bonchev–Trinajstić information content (AvgIpc) is 3.22. The summed E-state index contributed by atoms with van der Waals surface area (Å²) in [5.74, 6) is -2.60. The van der Waals surface area contributed by atoms with E-state index in [-0.39, 0.29) is 23.7 Å². The largest absolute Gasteiger partial charge is 0.504 e. The number of hydrogen-bond donors (Lipinski definition) is 2. The van der Waals surface area contributed by atoms with Gasteiger partial charge in [-0.15, -0.1) is 0 Å². The highest BCUT2D eigenvalue weighted by atomic mass is 16.6. The molecule has 6 unspecified atom stereocenters. The fourth-order valence-corrected chi connectivity index (χ4v) is 7.58. The summed E-state index contributed by atoms with van der Waals surface area (Å²) in [4.78, 5) is 44.3. The molecule has 41 heavy (non-hydrogen) atoms. The maximum atomic E-state index is 14.1. The lowest BCUT2D eigenvalue weighted by Crippen LogP contribution is -2.57. The van der Waals surface area contributed by atoms with E-state index in [2.05, 4.69) is 18.7 Å². The molecule has 0 spiro atoms. The highest BCUT2D eigenvalue weighted by molar-refractivity contribution is 6.13. The number of allylic oxidation sites excluding steroid dienone is 1. The molecule has 1 saturated heterocycles. The molecule has 1 aliphatic heterocycles. The van der Waals surface area contributed by atoms with Crippen LogP contribution in [0.5, 0.6) is 0 Å². The van der Waals surface area contributed by atoms with Gasteiger partial charge in [0, 0.05) is 56.4 Å². The molecule has 1 saturated carbocycles. The number of methoxy groups -OCH3 is 1. The number of Topliss-reactive ketones (excluding diaryl/α,β-unsaturated/α-hetero) is 1. The van der Waals surface area contributed by atoms with Gasteiger partial charge in [0.05, 0.1) is 23.7 Å². The van der Waals surface area contributed by atoms with Crippen LogP contribution in [0.25, 0.3) is 0 Å². The fraction of sp³-hybridized carbons (Fsp3) is 0.710. The molecule has 10 nitrogen and oxygen atoms in total. The lowest BCUT2D eigenvalue weighted by molar-refractivity contribution is -0.161. The molecule has 3 aliphatic carbocycles. The summed E-state index contributed by atoms with van der Waals surface area (Å²) >= 11 is 0. The van der Waals surface area contributed by atoms with Crippen LogP contribution in [-0.2, 0) is 28.6 Å². The smallest absolute Gasteiger partial charge is 0.340 e. The second-order valence-electron chi connectivity index (χ2n) is 12.1. The van der Waals surface area contributed by atoms with Gasteiger partial charge in [0.1, 0.15) is 12.2 Å². The van der Waals surface area contributed by atoms with E-state index in [9.17, 15) is 24.6 Å². The molecular weight excluding hydrogens is 528 g/mol. The first-order valence-electron chi connectivity index (χ1n) is 14.9. The predicted molar refractivity (Wildman–Crippen MR) is 152 cm³/mol. The van der Waals surface area contributed by atoms with Crippen molar-refractivity contribution in [1.82, 2.24) is 9.80 Å². The highest BCUT2D eigenvalue weighted by Crippen LogP contribution is 2.63. The molecule has 2 N–H and O–H groups in total. The molecule has 0 aromatic heterocycles. The van der Waals surface area contributed by atoms with Gasteiger partial charge in [-0.2, -0.15) is 0 Å². The minimum absolute atomic E-state index is 0.00801. The van der Waals surface area contributed by atoms with E-state index < -0.39 is 52.6 Å². The maximum Gasteiger partial charge on any atom is 0.340 e. The molecule has 0 aromatic carbocycles. The van der Waals surface area contributed by atoms with E-state index in [1.54, 1.807) is 6.20 Å². The third kappa shape index (κ3) is 5.12. The van der Waals surface area contributed by atoms with Gasteiger partial charge < -0.3 is 34.2 Å². The Morgan fingerprint density at radius 2 is 1.80 bits per heavy atom. The van der Waals surface area contributed by atoms with Crippen molar-refractivity contribution in [2.24, 2.45) is 16.7 Å². The van der Waals surface area contributed by atoms with Gasteiger partial charge in [-0.1, -0.05) is 20.8 Å². The number of carbonyl (C=O) groups is 3. The number of rotatable bonds is 10. The van der Waals surface area contributed by atoms with Crippen LogP contribution in [0.15, 0.2) is 34.3 Å². The third-order valence-corrected chi connectivity index (χ3v) is 9.97. The van der Waals surface area contributed by atoms with Gasteiger partial charge >= 0.3 is 11.9 Å². The van der Waals surface area contributed by atoms with Crippen molar-refractivity contribution < 1.29 is 38.8 Å². The standard InChI is InChI=1S/C31H46N2O8/c1-8-32(9-2)13-14-33(10-3)16-19-25-28(37)27(36)24-20-11-12-22(35)30(20,5)15-21(40-18(4)34)26(24)31(25,6)23(17-39-7)41-29(19)38/h16,20-23,35,37H,8-15,17H2,1-7H3/b19-16-. The maximum absolute atomic E-state index is 14.1. The number of aliphatic hydroxyl groups excluding tert-OH is 2. The van der Waals surface area contributed by atoms with Crippen molar-refractivity contribution in [3.05, 3.63) is 34.3 Å². The Labute approximate surface area is 243 Å². The number of aliphatic hydroxyl groups is 2. The Hall–Kier alpha value is -2.69. The van der Waals surface area contributed by atoms with E-state index in [0.29, 0.717) is 43.5 Å². The van der Waals surface area contributed by atoms with Crippen molar-refractivity contribution in [3.8, 4) is 0 Å². The Kier molecular flexibility index (Phi) is 9.07. The van der Waals surface area contributed by atoms with Crippen LogP contribution in [-0.4, -0.2) is 102 Å². The number of fused-ring (bicyclic) bond motifs is 4. The number of carbonyl (C=O) groups excluding carboxylic acids is 3. The molecule has 6 atom stereocenters. The summed E-state index contributed by atoms with van der Waals surface area (Å²) in [6, 6.07) is 0. The molecule has 2 fully saturated rings. The van der Waals surface area contributed by atoms with Crippen LogP contribution in [0.2, 0.25) is 0 Å². The second kappa shape index (κ2) is 11.9. The second-order valence-corrected chi connectivity index (χ2v) is 12.1. The van der Waals surface area contributed by atoms with Gasteiger partial charge in [-0.25, -0.2) is 4.79 Å². The summed E-state index contributed by atoms with van der Waals surface area (Å²) in [6.45, 7) is 15.0. The average molecular weight is 575 g/mol. The summed E-state index contributed by atoms with van der Waals surface area (Å²) in [7, 11) is 1.50. The minimum Gasteiger partial charge on any atom is -0.504 e. The number of cyclic esters (lactones) is 1. The highest BCUT2D eigenvalue weighted by Gasteiger charge is 2.64. The lowest BCUT2D eigenvalue weighted by Gasteiger charge is -2.54. The van der Waals surface area contributed by atoms with Crippen molar-refractivity contribution >= 4 is 17.7 Å². The van der Waals surface area contributed by atoms with Crippen LogP contribution in [0.3, 0.4) is 0 Å². The van der Waals surface area contributed by atoms with Gasteiger partial charge in [-0.05, 0) is 57.7 Å². The SMILES string of the molecule is CCN(/C=C1\C(=O)OC(COC)C2(C)C1=C(O)C(=O)C1=C2C(OC(C)=O)CC2(C)C(O)CCC12)CCN(CC)CC. The molecule has 0 radical (unpaired) electrons. The Bertz CT molecular complexity index is 1170. The van der Waals surface area contributed by atoms with Crippen molar-refractivity contribution in [1.29, 1.82) is 0 Å². The third-order valence-electron chi connectivity index (χ3n) is 9.97. The van der Waals surface area contributed by atoms with Crippen LogP contribution in [0.4, 0.5) is 0 Å². The Balaban J connectivity index is 1.91.